The third-order valence-electron chi connectivity index (χ3n) is 4.22. The molecule has 1 aromatic heterocycles. The summed E-state index contributed by atoms with van der Waals surface area (Å²) in [5.74, 6) is 0. The van der Waals surface area contributed by atoms with Crippen molar-refractivity contribution in [3.05, 3.63) is 60.7 Å². The zero-order valence-corrected chi connectivity index (χ0v) is 14.7. The summed E-state index contributed by atoms with van der Waals surface area (Å²) in [6.45, 7) is 0. The van der Waals surface area contributed by atoms with Crippen molar-refractivity contribution in [3.8, 4) is 11.1 Å². The topological polar surface area (TPSA) is 40.5 Å². The molecule has 0 unspecified atom stereocenters. The van der Waals surface area contributed by atoms with Crippen LogP contribution >= 0.6 is 23.1 Å². The van der Waals surface area contributed by atoms with Crippen molar-refractivity contribution in [1.82, 2.24) is 0 Å². The molecule has 24 heavy (non-hydrogen) atoms. The van der Waals surface area contributed by atoms with Gasteiger partial charge in [0.1, 0.15) is 0 Å². The first-order chi connectivity index (χ1) is 11.7. The van der Waals surface area contributed by atoms with Crippen LogP contribution in [0.3, 0.4) is 0 Å². The van der Waals surface area contributed by atoms with E-state index in [2.05, 4.69) is 42.5 Å². The number of hydrogen-bond donors (Lipinski definition) is 2. The SMILES string of the molecule is CSc1ccc(-c2ccc3sc4ccccc4c3c2)cc1B(O)O. The van der Waals surface area contributed by atoms with Gasteiger partial charge in [-0.3, -0.25) is 0 Å². The minimum atomic E-state index is -1.46. The first-order valence-electron chi connectivity index (χ1n) is 7.63. The molecule has 4 aromatic rings. The summed E-state index contributed by atoms with van der Waals surface area (Å²) < 4.78 is 2.55. The maximum Gasteiger partial charge on any atom is 0.489 e. The third kappa shape index (κ3) is 2.64. The second-order valence-electron chi connectivity index (χ2n) is 5.64. The van der Waals surface area contributed by atoms with Crippen LogP contribution in [0.1, 0.15) is 0 Å². The van der Waals surface area contributed by atoms with Crippen LogP contribution in [0.25, 0.3) is 31.3 Å². The summed E-state index contributed by atoms with van der Waals surface area (Å²) in [5, 5.41) is 21.8. The standard InChI is InChI=1S/C19H15BO2S2/c1-23-19-9-7-13(11-16(19)20(21)22)12-6-8-18-15(10-12)14-4-2-3-5-17(14)24-18/h2-11,21-22H,1H3. The highest BCUT2D eigenvalue weighted by Crippen LogP contribution is 2.36. The lowest BCUT2D eigenvalue weighted by atomic mass is 9.79. The Labute approximate surface area is 148 Å². The van der Waals surface area contributed by atoms with Crippen LogP contribution in [0, 0.1) is 0 Å². The van der Waals surface area contributed by atoms with Gasteiger partial charge in [0.15, 0.2) is 0 Å². The zero-order valence-electron chi connectivity index (χ0n) is 13.1. The van der Waals surface area contributed by atoms with Crippen LogP contribution in [0.4, 0.5) is 0 Å². The average Bonchev–Trinajstić information content (AvgIpc) is 2.99. The number of hydrogen-bond acceptors (Lipinski definition) is 4. The first kappa shape index (κ1) is 15.7. The molecule has 2 nitrogen and oxygen atoms in total. The number of thiophene rings is 1. The van der Waals surface area contributed by atoms with E-state index in [0.717, 1.165) is 16.0 Å². The lowest BCUT2D eigenvalue weighted by molar-refractivity contribution is 0.425. The molecule has 0 aliphatic heterocycles. The normalized spacial score (nSPS) is 11.3. The molecular weight excluding hydrogens is 335 g/mol. The Hall–Kier alpha value is -1.79. The van der Waals surface area contributed by atoms with Gasteiger partial charge in [0, 0.05) is 25.1 Å². The molecule has 0 radical (unpaired) electrons. The maximum atomic E-state index is 9.63. The third-order valence-corrected chi connectivity index (χ3v) is 6.18. The molecule has 0 aliphatic carbocycles. The van der Waals surface area contributed by atoms with Gasteiger partial charge >= 0.3 is 7.12 Å². The molecule has 0 atom stereocenters. The van der Waals surface area contributed by atoms with Gasteiger partial charge in [-0.1, -0.05) is 36.4 Å². The fourth-order valence-corrected chi connectivity index (χ4v) is 4.71. The van der Waals surface area contributed by atoms with Crippen LogP contribution in [0.5, 0.6) is 0 Å². The van der Waals surface area contributed by atoms with Crippen LogP contribution in [0.2, 0.25) is 0 Å². The molecule has 118 valence electrons. The Bertz CT molecular complexity index is 1040. The minimum absolute atomic E-state index is 0.551. The van der Waals surface area contributed by atoms with Gasteiger partial charge in [-0.05, 0) is 47.1 Å². The zero-order chi connectivity index (χ0) is 16.7. The second-order valence-corrected chi connectivity index (χ2v) is 7.57. The van der Waals surface area contributed by atoms with Crippen molar-refractivity contribution in [3.63, 3.8) is 0 Å². The average molecular weight is 350 g/mol. The number of rotatable bonds is 3. The fourth-order valence-electron chi connectivity index (χ4n) is 3.02. The lowest BCUT2D eigenvalue weighted by Gasteiger charge is -2.10. The summed E-state index contributed by atoms with van der Waals surface area (Å²) in [4.78, 5) is 0.885. The molecular formula is C19H15BO2S2. The van der Waals surface area contributed by atoms with E-state index in [-0.39, 0.29) is 0 Å². The lowest BCUT2D eigenvalue weighted by Crippen LogP contribution is -2.31. The predicted octanol–water partition coefficient (Wildman–Crippen LogP) is 4.12. The molecule has 0 aliphatic rings. The van der Waals surface area contributed by atoms with Crippen LogP contribution < -0.4 is 5.46 Å². The Morgan fingerprint density at radius 1 is 0.833 bits per heavy atom. The molecule has 0 saturated carbocycles. The largest absolute Gasteiger partial charge is 0.489 e. The van der Waals surface area contributed by atoms with Crippen LogP contribution in [-0.2, 0) is 0 Å². The van der Waals surface area contributed by atoms with Crippen molar-refractivity contribution in [1.29, 1.82) is 0 Å². The fraction of sp³-hybridized carbons (Fsp3) is 0.0526. The molecule has 3 aromatic carbocycles. The van der Waals surface area contributed by atoms with Gasteiger partial charge in [-0.25, -0.2) is 0 Å². The molecule has 1 heterocycles. The van der Waals surface area contributed by atoms with E-state index in [0.29, 0.717) is 5.46 Å². The van der Waals surface area contributed by atoms with Crippen molar-refractivity contribution in [2.24, 2.45) is 0 Å². The Kier molecular flexibility index (Phi) is 4.10. The quantitative estimate of drug-likeness (QED) is 0.431. The van der Waals surface area contributed by atoms with Gasteiger partial charge in [0.2, 0.25) is 0 Å². The molecule has 0 amide bonds. The van der Waals surface area contributed by atoms with Gasteiger partial charge in [0.05, 0.1) is 0 Å². The molecule has 4 rings (SSSR count). The summed E-state index contributed by atoms with van der Waals surface area (Å²) in [6, 6.07) is 20.7. The van der Waals surface area contributed by atoms with Gasteiger partial charge in [0.25, 0.3) is 0 Å². The van der Waals surface area contributed by atoms with E-state index >= 15 is 0 Å². The first-order valence-corrected chi connectivity index (χ1v) is 9.67. The molecule has 0 fully saturated rings. The van der Waals surface area contributed by atoms with Crippen LogP contribution in [-0.4, -0.2) is 23.4 Å². The van der Waals surface area contributed by atoms with E-state index in [9.17, 15) is 10.0 Å². The van der Waals surface area contributed by atoms with Gasteiger partial charge in [-0.2, -0.15) is 0 Å². The van der Waals surface area contributed by atoms with Crippen molar-refractivity contribution < 1.29 is 10.0 Å². The van der Waals surface area contributed by atoms with Crippen molar-refractivity contribution in [2.75, 3.05) is 6.26 Å². The van der Waals surface area contributed by atoms with E-state index in [4.69, 9.17) is 0 Å². The van der Waals surface area contributed by atoms with E-state index in [1.807, 2.05) is 24.5 Å². The smallest absolute Gasteiger partial charge is 0.423 e. The van der Waals surface area contributed by atoms with Crippen molar-refractivity contribution >= 4 is 55.9 Å². The molecule has 2 N–H and O–H groups in total. The minimum Gasteiger partial charge on any atom is -0.423 e. The Balaban J connectivity index is 1.90. The van der Waals surface area contributed by atoms with E-state index in [1.54, 1.807) is 11.3 Å². The maximum absolute atomic E-state index is 9.63. The highest BCUT2D eigenvalue weighted by Gasteiger charge is 2.17. The van der Waals surface area contributed by atoms with Crippen molar-refractivity contribution in [2.45, 2.75) is 4.90 Å². The molecule has 0 spiro atoms. The highest BCUT2D eigenvalue weighted by atomic mass is 32.2. The summed E-state index contributed by atoms with van der Waals surface area (Å²) in [6.07, 6.45) is 1.93. The predicted molar refractivity (Wildman–Crippen MR) is 106 cm³/mol. The Morgan fingerprint density at radius 3 is 2.33 bits per heavy atom. The summed E-state index contributed by atoms with van der Waals surface area (Å²) in [7, 11) is -1.46. The van der Waals surface area contributed by atoms with E-state index < -0.39 is 7.12 Å². The monoisotopic (exact) mass is 350 g/mol. The van der Waals surface area contributed by atoms with E-state index in [1.165, 1.54) is 31.9 Å². The number of benzene rings is 3. The molecule has 0 saturated heterocycles. The van der Waals surface area contributed by atoms with Crippen LogP contribution in [0.15, 0.2) is 65.6 Å². The Morgan fingerprint density at radius 2 is 1.54 bits per heavy atom. The highest BCUT2D eigenvalue weighted by molar-refractivity contribution is 7.98. The second kappa shape index (κ2) is 6.26. The summed E-state index contributed by atoms with van der Waals surface area (Å²) >= 11 is 3.31. The summed E-state index contributed by atoms with van der Waals surface area (Å²) in [5.41, 5.74) is 2.63. The number of thioether (sulfide) groups is 1. The van der Waals surface area contributed by atoms with Gasteiger partial charge in [-0.15, -0.1) is 23.1 Å². The molecule has 5 heteroatoms. The number of fused-ring (bicyclic) bond motifs is 3. The van der Waals surface area contributed by atoms with Gasteiger partial charge < -0.3 is 10.0 Å². The molecule has 0 bridgehead atoms.